The molecule has 0 rings (SSSR count). The lowest BCUT2D eigenvalue weighted by atomic mass is 10.8. The Morgan fingerprint density at radius 2 is 2.20 bits per heavy atom. The van der Waals surface area contributed by atoms with E-state index in [1.54, 1.807) is 7.57 Å². The Kier molecular flexibility index (Phi) is 2.86. The molecule has 1 unspecified atom stereocenters. The van der Waals surface area contributed by atoms with E-state index in [4.69, 9.17) is 4.89 Å². The molecule has 0 bridgehead atoms. The van der Waals surface area contributed by atoms with E-state index in [1.165, 1.54) is 7.11 Å². The van der Waals surface area contributed by atoms with Crippen molar-refractivity contribution in [1.29, 1.82) is 0 Å². The summed E-state index contributed by atoms with van der Waals surface area (Å²) in [6, 6.07) is 0. The molecule has 0 amide bonds. The van der Waals surface area contributed by atoms with Crippen LogP contribution in [0.25, 0.3) is 0 Å². The van der Waals surface area contributed by atoms with Crippen LogP contribution in [0.3, 0.4) is 0 Å². The van der Waals surface area contributed by atoms with Crippen LogP contribution in [-0.2, 0) is 4.52 Å². The monoisotopic (exact) mass is 92.0 g/mol. The fourth-order valence-corrected chi connectivity index (χ4v) is 0. The summed E-state index contributed by atoms with van der Waals surface area (Å²) in [6.45, 7) is 0. The molecule has 0 saturated heterocycles. The molecule has 0 aromatic rings. The van der Waals surface area contributed by atoms with Gasteiger partial charge in [0.05, 0.1) is 0 Å². The van der Waals surface area contributed by atoms with Gasteiger partial charge in [-0.3, -0.25) is 0 Å². The summed E-state index contributed by atoms with van der Waals surface area (Å²) in [5.41, 5.74) is 0. The topological polar surface area (TPSA) is 29.5 Å². The van der Waals surface area contributed by atoms with Gasteiger partial charge in [-0.25, -0.2) is 0 Å². The van der Waals surface area contributed by atoms with Crippen LogP contribution in [-0.4, -0.2) is 19.6 Å². The van der Waals surface area contributed by atoms with Gasteiger partial charge in [0.25, 0.3) is 0 Å². The maximum absolute atomic E-state index is 8.20. The summed E-state index contributed by atoms with van der Waals surface area (Å²) in [4.78, 5) is 8.20. The molecule has 0 aliphatic heterocycles. The SMILES string of the molecule is BP(O)OC. The Hall–Kier alpha value is 0.415. The third-order valence-corrected chi connectivity index (χ3v) is 0.793. The fourth-order valence-electron chi connectivity index (χ4n) is 0. The first kappa shape index (κ1) is 5.41. The molecular weight excluding hydrogens is 85.8 g/mol. The second kappa shape index (κ2) is 2.64. The molecule has 30 valence electrons. The molecule has 1 N–H and O–H groups in total. The third-order valence-electron chi connectivity index (χ3n) is 0.264. The summed E-state index contributed by atoms with van der Waals surface area (Å²) in [5, 5.41) is 0. The quantitative estimate of drug-likeness (QED) is 0.348. The van der Waals surface area contributed by atoms with Crippen molar-refractivity contribution in [1.82, 2.24) is 0 Å². The minimum Gasteiger partial charge on any atom is -0.358 e. The molecule has 1 atom stereocenters. The number of hydrogen-bond donors (Lipinski definition) is 1. The lowest BCUT2D eigenvalue weighted by molar-refractivity contribution is 0.406. The molecule has 0 aromatic carbocycles. The van der Waals surface area contributed by atoms with Crippen molar-refractivity contribution >= 4 is 15.8 Å². The van der Waals surface area contributed by atoms with Crippen LogP contribution in [0.4, 0.5) is 0 Å². The van der Waals surface area contributed by atoms with E-state index >= 15 is 0 Å². The zero-order valence-corrected chi connectivity index (χ0v) is 4.20. The Labute approximate surface area is 33.4 Å². The van der Waals surface area contributed by atoms with Gasteiger partial charge < -0.3 is 9.42 Å². The van der Waals surface area contributed by atoms with Crippen molar-refractivity contribution in [2.45, 2.75) is 0 Å². The van der Waals surface area contributed by atoms with Crippen LogP contribution in [0, 0.1) is 0 Å². The molecular formula is CH6BO2P. The van der Waals surface area contributed by atoms with Gasteiger partial charge in [-0.15, -0.1) is 0 Å². The zero-order chi connectivity index (χ0) is 4.28. The highest BCUT2D eigenvalue weighted by Crippen LogP contribution is 2.20. The van der Waals surface area contributed by atoms with Crippen LogP contribution in [0.5, 0.6) is 0 Å². The van der Waals surface area contributed by atoms with E-state index in [9.17, 15) is 0 Å². The van der Waals surface area contributed by atoms with E-state index in [2.05, 4.69) is 4.52 Å². The molecule has 5 heavy (non-hydrogen) atoms. The van der Waals surface area contributed by atoms with Crippen molar-refractivity contribution in [2.75, 3.05) is 7.11 Å². The minimum absolute atomic E-state index is 1.10. The first-order chi connectivity index (χ1) is 2.27. The highest BCUT2D eigenvalue weighted by Gasteiger charge is 1.82. The van der Waals surface area contributed by atoms with Crippen LogP contribution in [0.2, 0.25) is 0 Å². The molecule has 0 heterocycles. The van der Waals surface area contributed by atoms with E-state index in [-0.39, 0.29) is 0 Å². The summed E-state index contributed by atoms with van der Waals surface area (Å²) < 4.78 is 4.37. The predicted octanol–water partition coefficient (Wildman–Crippen LogP) is -0.515. The average molecular weight is 91.8 g/mol. The van der Waals surface area contributed by atoms with Crippen molar-refractivity contribution in [3.63, 3.8) is 0 Å². The molecule has 4 heteroatoms. The number of hydrogen-bond acceptors (Lipinski definition) is 2. The molecule has 0 aliphatic carbocycles. The van der Waals surface area contributed by atoms with Crippen LogP contribution in [0.15, 0.2) is 0 Å². The van der Waals surface area contributed by atoms with Gasteiger partial charge in [0.15, 0.2) is 0 Å². The van der Waals surface area contributed by atoms with Crippen molar-refractivity contribution in [2.24, 2.45) is 0 Å². The Morgan fingerprint density at radius 3 is 2.20 bits per heavy atom. The highest BCUT2D eigenvalue weighted by molar-refractivity contribution is 7.73. The summed E-state index contributed by atoms with van der Waals surface area (Å²) in [5.74, 6) is 0. The fraction of sp³-hybridized carbons (Fsp3) is 1.00. The van der Waals surface area contributed by atoms with Gasteiger partial charge >= 0.3 is 0 Å². The molecule has 0 fully saturated rings. The van der Waals surface area contributed by atoms with Gasteiger partial charge in [0.2, 0.25) is 7.57 Å². The highest BCUT2D eigenvalue weighted by atomic mass is 31.2. The molecule has 0 radical (unpaired) electrons. The van der Waals surface area contributed by atoms with Gasteiger partial charge in [-0.05, 0) is 0 Å². The van der Waals surface area contributed by atoms with Crippen molar-refractivity contribution in [3.8, 4) is 0 Å². The standard InChI is InChI=1S/CH6BO2P/c1-4-5(2)3/h3H,2H2,1H3. The lowest BCUT2D eigenvalue weighted by Crippen LogP contribution is -1.68. The van der Waals surface area contributed by atoms with E-state index in [0.29, 0.717) is 0 Å². The first-order valence-corrected chi connectivity index (χ1v) is 2.90. The normalized spacial score (nSPS) is 14.8. The van der Waals surface area contributed by atoms with E-state index < -0.39 is 8.25 Å². The molecule has 0 aliphatic rings. The molecule has 2 nitrogen and oxygen atoms in total. The molecule has 0 saturated carbocycles. The largest absolute Gasteiger partial charge is 0.358 e. The van der Waals surface area contributed by atoms with Crippen LogP contribution in [0.1, 0.15) is 0 Å². The second-order valence-corrected chi connectivity index (χ2v) is 1.94. The average Bonchev–Trinajstić information content (AvgIpc) is 1.38. The minimum atomic E-state index is -1.10. The predicted molar refractivity (Wildman–Crippen MR) is 24.7 cm³/mol. The van der Waals surface area contributed by atoms with E-state index in [1.807, 2.05) is 0 Å². The zero-order valence-electron chi connectivity index (χ0n) is 3.30. The van der Waals surface area contributed by atoms with Gasteiger partial charge in [-0.2, -0.15) is 0 Å². The Morgan fingerprint density at radius 1 is 2.00 bits per heavy atom. The lowest BCUT2D eigenvalue weighted by Gasteiger charge is -1.93. The van der Waals surface area contributed by atoms with Crippen molar-refractivity contribution < 1.29 is 9.42 Å². The van der Waals surface area contributed by atoms with E-state index in [0.717, 1.165) is 0 Å². The summed E-state index contributed by atoms with van der Waals surface area (Å²) in [7, 11) is 2.00. The second-order valence-electron chi connectivity index (χ2n) is 0.647. The molecule has 0 aromatic heterocycles. The smallest absolute Gasteiger partial charge is 0.204 e. The maximum atomic E-state index is 8.20. The summed E-state index contributed by atoms with van der Waals surface area (Å²) in [6.07, 6.45) is 0. The third kappa shape index (κ3) is 4.41. The van der Waals surface area contributed by atoms with Gasteiger partial charge in [0.1, 0.15) is 8.25 Å². The Bertz CT molecular complexity index is 23.6. The Balaban J connectivity index is 2.54. The van der Waals surface area contributed by atoms with Gasteiger partial charge in [0, 0.05) is 7.11 Å². The van der Waals surface area contributed by atoms with Crippen molar-refractivity contribution in [3.05, 3.63) is 0 Å². The first-order valence-electron chi connectivity index (χ1n) is 1.24. The van der Waals surface area contributed by atoms with Gasteiger partial charge in [-0.1, -0.05) is 0 Å². The summed E-state index contributed by atoms with van der Waals surface area (Å²) >= 11 is 0. The van der Waals surface area contributed by atoms with Crippen LogP contribution < -0.4 is 0 Å². The van der Waals surface area contributed by atoms with Crippen LogP contribution >= 0.6 is 8.25 Å². The number of rotatable bonds is 1. The maximum Gasteiger partial charge on any atom is 0.204 e. The molecule has 0 spiro atoms.